The maximum Gasteiger partial charge on any atom is 0.245 e. The highest BCUT2D eigenvalue weighted by Gasteiger charge is 2.33. The minimum atomic E-state index is -0.401. The third-order valence-corrected chi connectivity index (χ3v) is 4.05. The first kappa shape index (κ1) is 13.3. The fourth-order valence-corrected chi connectivity index (χ4v) is 2.81. The largest absolute Gasteiger partial charge is 0.381 e. The summed E-state index contributed by atoms with van der Waals surface area (Å²) in [6.07, 6.45) is 2.41. The Balaban J connectivity index is 2.04. The van der Waals surface area contributed by atoms with Crippen LogP contribution in [0.25, 0.3) is 0 Å². The van der Waals surface area contributed by atoms with E-state index in [0.29, 0.717) is 18.9 Å². The van der Waals surface area contributed by atoms with Gasteiger partial charge in [-0.15, -0.1) is 0 Å². The van der Waals surface area contributed by atoms with Gasteiger partial charge >= 0.3 is 0 Å². The van der Waals surface area contributed by atoms with Gasteiger partial charge < -0.3 is 15.0 Å². The van der Waals surface area contributed by atoms with Crippen LogP contribution in [0.2, 0.25) is 0 Å². The summed E-state index contributed by atoms with van der Waals surface area (Å²) in [7, 11) is 0. The number of hydrogen-bond donors (Lipinski definition) is 1. The van der Waals surface area contributed by atoms with Gasteiger partial charge in [-0.1, -0.05) is 0 Å². The van der Waals surface area contributed by atoms with Gasteiger partial charge in [0.25, 0.3) is 0 Å². The normalized spacial score (nSPS) is 28.8. The molecule has 5 heteroatoms. The molecule has 0 saturated carbocycles. The van der Waals surface area contributed by atoms with Gasteiger partial charge in [-0.2, -0.15) is 0 Å². The van der Waals surface area contributed by atoms with Crippen molar-refractivity contribution < 1.29 is 14.3 Å². The monoisotopic (exact) mass is 254 g/mol. The summed E-state index contributed by atoms with van der Waals surface area (Å²) in [5.41, 5.74) is 0. The number of hydrogen-bond acceptors (Lipinski definition) is 3. The summed E-state index contributed by atoms with van der Waals surface area (Å²) in [6.45, 7) is 5.95. The number of rotatable bonds is 2. The molecule has 2 rings (SSSR count). The molecule has 18 heavy (non-hydrogen) atoms. The number of nitrogens with one attached hydrogen (secondary N) is 1. The third kappa shape index (κ3) is 2.83. The van der Waals surface area contributed by atoms with Gasteiger partial charge in [0, 0.05) is 32.2 Å². The predicted molar refractivity (Wildman–Crippen MR) is 66.9 cm³/mol. The molecule has 0 aliphatic carbocycles. The van der Waals surface area contributed by atoms with Gasteiger partial charge in [0.05, 0.1) is 0 Å². The molecule has 2 atom stereocenters. The van der Waals surface area contributed by atoms with Crippen molar-refractivity contribution in [1.29, 1.82) is 0 Å². The highest BCUT2D eigenvalue weighted by Crippen LogP contribution is 2.24. The van der Waals surface area contributed by atoms with Crippen LogP contribution in [0.1, 0.15) is 33.1 Å². The molecule has 5 nitrogen and oxygen atoms in total. The van der Waals surface area contributed by atoms with Gasteiger partial charge in [0.1, 0.15) is 6.04 Å². The molecule has 2 aliphatic rings. The minimum absolute atomic E-state index is 0.0301. The molecular weight excluding hydrogens is 232 g/mol. The second-order valence-electron chi connectivity index (χ2n) is 5.26. The molecule has 1 N–H and O–H groups in total. The summed E-state index contributed by atoms with van der Waals surface area (Å²) in [6, 6.07) is -0.209. The van der Waals surface area contributed by atoms with Crippen molar-refractivity contribution in [3.8, 4) is 0 Å². The standard InChI is InChI=1S/C13H22N2O3/c1-9-13(17)15(6-3-12(16)14-9)10(2)11-4-7-18-8-5-11/h9-11H,3-8H2,1-2H3,(H,14,16). The molecule has 2 unspecified atom stereocenters. The van der Waals surface area contributed by atoms with Crippen molar-refractivity contribution in [2.24, 2.45) is 5.92 Å². The average Bonchev–Trinajstić information content (AvgIpc) is 2.50. The van der Waals surface area contributed by atoms with Crippen molar-refractivity contribution >= 4 is 11.8 Å². The fourth-order valence-electron chi connectivity index (χ4n) is 2.81. The van der Waals surface area contributed by atoms with E-state index in [9.17, 15) is 9.59 Å². The Morgan fingerprint density at radius 3 is 2.67 bits per heavy atom. The lowest BCUT2D eigenvalue weighted by atomic mass is 9.91. The first-order valence-electron chi connectivity index (χ1n) is 6.77. The Morgan fingerprint density at radius 1 is 1.33 bits per heavy atom. The summed E-state index contributed by atoms with van der Waals surface area (Å²) in [4.78, 5) is 25.6. The second-order valence-corrected chi connectivity index (χ2v) is 5.26. The van der Waals surface area contributed by atoms with Crippen LogP contribution >= 0.6 is 0 Å². The molecule has 0 aromatic rings. The summed E-state index contributed by atoms with van der Waals surface area (Å²) in [5.74, 6) is 0.500. The Morgan fingerprint density at radius 2 is 2.00 bits per heavy atom. The van der Waals surface area contributed by atoms with Gasteiger partial charge in [-0.25, -0.2) is 0 Å². The van der Waals surface area contributed by atoms with Crippen LogP contribution in [-0.2, 0) is 14.3 Å². The summed E-state index contributed by atoms with van der Waals surface area (Å²) >= 11 is 0. The van der Waals surface area contributed by atoms with E-state index in [4.69, 9.17) is 4.74 Å². The lowest BCUT2D eigenvalue weighted by Gasteiger charge is -2.36. The molecule has 0 aromatic heterocycles. The SMILES string of the molecule is CC1NC(=O)CCN(C(C)C2CCOCC2)C1=O. The smallest absolute Gasteiger partial charge is 0.245 e. The van der Waals surface area contributed by atoms with Crippen molar-refractivity contribution in [2.45, 2.75) is 45.2 Å². The van der Waals surface area contributed by atoms with Crippen LogP contribution in [0.3, 0.4) is 0 Å². The highest BCUT2D eigenvalue weighted by atomic mass is 16.5. The van der Waals surface area contributed by atoms with Crippen LogP contribution in [0.15, 0.2) is 0 Å². The van der Waals surface area contributed by atoms with Crippen molar-refractivity contribution in [3.63, 3.8) is 0 Å². The van der Waals surface area contributed by atoms with Crippen molar-refractivity contribution in [2.75, 3.05) is 19.8 Å². The molecule has 2 heterocycles. The Kier molecular flexibility index (Phi) is 4.22. The van der Waals surface area contributed by atoms with E-state index in [1.807, 2.05) is 4.90 Å². The second kappa shape index (κ2) is 5.69. The van der Waals surface area contributed by atoms with Crippen LogP contribution in [-0.4, -0.2) is 48.6 Å². The van der Waals surface area contributed by atoms with Crippen molar-refractivity contribution in [3.05, 3.63) is 0 Å². The molecule has 2 amide bonds. The van der Waals surface area contributed by atoms with E-state index in [1.54, 1.807) is 6.92 Å². The van der Waals surface area contributed by atoms with E-state index in [1.165, 1.54) is 0 Å². The average molecular weight is 254 g/mol. The number of carbonyl (C=O) groups excluding carboxylic acids is 2. The first-order chi connectivity index (χ1) is 8.59. The molecule has 2 saturated heterocycles. The van der Waals surface area contributed by atoms with Crippen LogP contribution in [0.5, 0.6) is 0 Å². The number of amides is 2. The number of nitrogens with zero attached hydrogens (tertiary/aromatic N) is 1. The molecule has 0 radical (unpaired) electrons. The fraction of sp³-hybridized carbons (Fsp3) is 0.846. The van der Waals surface area contributed by atoms with E-state index < -0.39 is 6.04 Å². The first-order valence-corrected chi connectivity index (χ1v) is 6.77. The zero-order chi connectivity index (χ0) is 13.1. The Hall–Kier alpha value is -1.10. The van der Waals surface area contributed by atoms with E-state index >= 15 is 0 Å². The number of carbonyl (C=O) groups is 2. The topological polar surface area (TPSA) is 58.6 Å². The van der Waals surface area contributed by atoms with Crippen LogP contribution < -0.4 is 5.32 Å². The molecule has 102 valence electrons. The molecule has 0 aromatic carbocycles. The van der Waals surface area contributed by atoms with Crippen LogP contribution in [0.4, 0.5) is 0 Å². The van der Waals surface area contributed by atoms with E-state index in [2.05, 4.69) is 12.2 Å². The summed E-state index contributed by atoms with van der Waals surface area (Å²) < 4.78 is 5.36. The zero-order valence-corrected chi connectivity index (χ0v) is 11.1. The van der Waals surface area contributed by atoms with Gasteiger partial charge in [-0.05, 0) is 32.6 Å². The zero-order valence-electron chi connectivity index (χ0n) is 11.1. The molecule has 0 bridgehead atoms. The lowest BCUT2D eigenvalue weighted by Crippen LogP contribution is -2.49. The van der Waals surface area contributed by atoms with E-state index in [-0.39, 0.29) is 17.9 Å². The molecule has 2 fully saturated rings. The minimum Gasteiger partial charge on any atom is -0.381 e. The van der Waals surface area contributed by atoms with Crippen LogP contribution in [0, 0.1) is 5.92 Å². The molecular formula is C13H22N2O3. The Labute approximate surface area is 108 Å². The highest BCUT2D eigenvalue weighted by molar-refractivity contribution is 5.89. The molecule has 2 aliphatic heterocycles. The van der Waals surface area contributed by atoms with Gasteiger partial charge in [0.15, 0.2) is 0 Å². The lowest BCUT2D eigenvalue weighted by molar-refractivity contribution is -0.136. The van der Waals surface area contributed by atoms with Gasteiger partial charge in [0.2, 0.25) is 11.8 Å². The van der Waals surface area contributed by atoms with Crippen molar-refractivity contribution in [1.82, 2.24) is 10.2 Å². The quantitative estimate of drug-likeness (QED) is 0.782. The summed E-state index contributed by atoms with van der Waals surface area (Å²) in [5, 5.41) is 2.72. The third-order valence-electron chi connectivity index (χ3n) is 4.05. The predicted octanol–water partition coefficient (Wildman–Crippen LogP) is 0.538. The Bertz CT molecular complexity index is 326. The van der Waals surface area contributed by atoms with E-state index in [0.717, 1.165) is 26.1 Å². The molecule has 0 spiro atoms. The maximum atomic E-state index is 12.3. The van der Waals surface area contributed by atoms with Gasteiger partial charge in [-0.3, -0.25) is 9.59 Å². The number of ether oxygens (including phenoxy) is 1. The maximum absolute atomic E-state index is 12.3.